The van der Waals surface area contributed by atoms with Crippen LogP contribution in [0.15, 0.2) is 48.7 Å². The topological polar surface area (TPSA) is 98.8 Å². The summed E-state index contributed by atoms with van der Waals surface area (Å²) in [7, 11) is 1.74. The summed E-state index contributed by atoms with van der Waals surface area (Å²) in [5, 5.41) is 15.9. The van der Waals surface area contributed by atoms with Crippen LogP contribution in [-0.2, 0) is 27.3 Å². The van der Waals surface area contributed by atoms with Crippen LogP contribution < -0.4 is 4.90 Å². The number of H-pyrrole nitrogens is 1. The molecule has 0 unspecified atom stereocenters. The van der Waals surface area contributed by atoms with Crippen molar-refractivity contribution in [2.24, 2.45) is 11.8 Å². The molecule has 2 N–H and O–H groups in total. The van der Waals surface area contributed by atoms with Crippen LogP contribution in [0.4, 0.5) is 5.69 Å². The largest absolute Gasteiger partial charge is 0.396 e. The van der Waals surface area contributed by atoms with Crippen molar-refractivity contribution in [3.8, 4) is 0 Å². The molecule has 2 saturated heterocycles. The zero-order valence-electron chi connectivity index (χ0n) is 16.7. The van der Waals surface area contributed by atoms with Crippen LogP contribution in [0.1, 0.15) is 11.3 Å². The van der Waals surface area contributed by atoms with Crippen LogP contribution in [0.3, 0.4) is 0 Å². The summed E-state index contributed by atoms with van der Waals surface area (Å²) in [6.07, 6.45) is 5.73. The Labute approximate surface area is 174 Å². The Hall–Kier alpha value is -2.97. The minimum atomic E-state index is -0.749. The highest BCUT2D eigenvalue weighted by atomic mass is 16.5. The van der Waals surface area contributed by atoms with Gasteiger partial charge in [-0.15, -0.1) is 0 Å². The first-order valence-electron chi connectivity index (χ1n) is 10.1. The van der Waals surface area contributed by atoms with Gasteiger partial charge in [-0.3, -0.25) is 14.7 Å². The molecule has 3 aliphatic rings. The fraction of sp³-hybridized carbons (Fsp3) is 0.409. The SMILES string of the molecule is CN(Cc1ccn[nH]1)C(=O)[C@@H]1[C@@H]2C=C[C@@]3(CN(c4ccc(CCO)cc4)C(=O)[C@H]13)O2. The molecule has 2 bridgehead atoms. The smallest absolute Gasteiger partial charge is 0.234 e. The lowest BCUT2D eigenvalue weighted by Gasteiger charge is -2.27. The Balaban J connectivity index is 1.39. The Morgan fingerprint density at radius 1 is 1.37 bits per heavy atom. The standard InChI is InChI=1S/C22H24N4O4/c1-25(12-15-7-10-23-24-15)20(28)18-17-6-9-22(30-17)13-26(21(29)19(18)22)16-4-2-14(3-5-16)8-11-27/h2-7,9-10,17-19,27H,8,11-13H2,1H3,(H,23,24)/t17-,18+,19-,22-/m0/s1. The van der Waals surface area contributed by atoms with E-state index in [2.05, 4.69) is 10.2 Å². The molecule has 2 aromatic rings. The van der Waals surface area contributed by atoms with Gasteiger partial charge < -0.3 is 19.6 Å². The van der Waals surface area contributed by atoms with Crippen LogP contribution in [0.2, 0.25) is 0 Å². The molecule has 8 nitrogen and oxygen atoms in total. The number of hydrogen-bond acceptors (Lipinski definition) is 5. The van der Waals surface area contributed by atoms with Crippen molar-refractivity contribution in [2.75, 3.05) is 25.1 Å². The van der Waals surface area contributed by atoms with Crippen LogP contribution in [-0.4, -0.2) is 63.9 Å². The number of anilines is 1. The number of hydrogen-bond donors (Lipinski definition) is 2. The number of amides is 2. The highest BCUT2D eigenvalue weighted by Gasteiger charge is 2.67. The second kappa shape index (κ2) is 7.07. The number of aromatic amines is 1. The summed E-state index contributed by atoms with van der Waals surface area (Å²) in [5.41, 5.74) is 1.88. The van der Waals surface area contributed by atoms with Crippen molar-refractivity contribution in [3.63, 3.8) is 0 Å². The fourth-order valence-corrected chi connectivity index (χ4v) is 4.93. The Morgan fingerprint density at radius 2 is 2.17 bits per heavy atom. The number of nitrogens with one attached hydrogen (secondary N) is 1. The van der Waals surface area contributed by atoms with Gasteiger partial charge in [-0.2, -0.15) is 5.10 Å². The molecule has 156 valence electrons. The molecule has 30 heavy (non-hydrogen) atoms. The molecule has 1 aromatic carbocycles. The van der Waals surface area contributed by atoms with Crippen molar-refractivity contribution in [2.45, 2.75) is 24.7 Å². The predicted octanol–water partition coefficient (Wildman–Crippen LogP) is 0.889. The summed E-state index contributed by atoms with van der Waals surface area (Å²) in [6, 6.07) is 9.43. The van der Waals surface area contributed by atoms with Crippen LogP contribution >= 0.6 is 0 Å². The second-order valence-electron chi connectivity index (χ2n) is 8.24. The Bertz CT molecular complexity index is 987. The third-order valence-electron chi connectivity index (χ3n) is 6.38. The maximum absolute atomic E-state index is 13.4. The van der Waals surface area contributed by atoms with Gasteiger partial charge in [0.2, 0.25) is 11.8 Å². The molecule has 0 radical (unpaired) electrons. The first-order chi connectivity index (χ1) is 14.5. The summed E-state index contributed by atoms with van der Waals surface area (Å²) in [5.74, 6) is -1.24. The summed E-state index contributed by atoms with van der Waals surface area (Å²) < 4.78 is 6.21. The number of rotatable bonds is 6. The first kappa shape index (κ1) is 19.0. The molecule has 4 heterocycles. The number of fused-ring (bicyclic) bond motifs is 1. The number of ether oxygens (including phenoxy) is 1. The number of nitrogens with zero attached hydrogens (tertiary/aromatic N) is 3. The van der Waals surface area contributed by atoms with Gasteiger partial charge in [-0.05, 0) is 30.2 Å². The zero-order chi connectivity index (χ0) is 20.9. The molecule has 2 amide bonds. The molecular formula is C22H24N4O4. The molecule has 0 aliphatic carbocycles. The minimum absolute atomic E-state index is 0.0787. The third kappa shape index (κ3) is 2.86. The van der Waals surface area contributed by atoms with Gasteiger partial charge >= 0.3 is 0 Å². The van der Waals surface area contributed by atoms with Gasteiger partial charge in [-0.25, -0.2) is 0 Å². The molecular weight excluding hydrogens is 384 g/mol. The van der Waals surface area contributed by atoms with Crippen molar-refractivity contribution in [1.82, 2.24) is 15.1 Å². The molecule has 8 heteroatoms. The number of aliphatic hydroxyl groups is 1. The number of benzene rings is 1. The molecule has 3 aliphatic heterocycles. The van der Waals surface area contributed by atoms with E-state index in [4.69, 9.17) is 9.84 Å². The Morgan fingerprint density at radius 3 is 2.87 bits per heavy atom. The lowest BCUT2D eigenvalue weighted by Crippen LogP contribution is -2.44. The average molecular weight is 408 g/mol. The van der Waals surface area contributed by atoms with Gasteiger partial charge in [0.1, 0.15) is 5.60 Å². The maximum Gasteiger partial charge on any atom is 0.234 e. The predicted molar refractivity (Wildman–Crippen MR) is 108 cm³/mol. The van der Waals surface area contributed by atoms with Crippen molar-refractivity contribution < 1.29 is 19.4 Å². The van der Waals surface area contributed by atoms with E-state index in [1.54, 1.807) is 23.0 Å². The van der Waals surface area contributed by atoms with Gasteiger partial charge in [-0.1, -0.05) is 24.3 Å². The van der Waals surface area contributed by atoms with Gasteiger partial charge in [0.05, 0.1) is 36.7 Å². The van der Waals surface area contributed by atoms with Gasteiger partial charge in [0.25, 0.3) is 0 Å². The summed E-state index contributed by atoms with van der Waals surface area (Å²) in [6.45, 7) is 0.885. The van der Waals surface area contributed by atoms with E-state index >= 15 is 0 Å². The zero-order valence-corrected chi connectivity index (χ0v) is 16.7. The number of aliphatic hydroxyl groups excluding tert-OH is 1. The number of aromatic nitrogens is 2. The normalized spacial score (nSPS) is 28.9. The third-order valence-corrected chi connectivity index (χ3v) is 6.38. The molecule has 0 saturated carbocycles. The maximum atomic E-state index is 13.4. The van der Waals surface area contributed by atoms with Crippen LogP contribution in [0, 0.1) is 11.8 Å². The Kier molecular flexibility index (Phi) is 4.48. The van der Waals surface area contributed by atoms with E-state index in [1.807, 2.05) is 42.5 Å². The molecule has 1 aromatic heterocycles. The second-order valence-corrected chi connectivity index (χ2v) is 8.24. The van der Waals surface area contributed by atoms with Crippen LogP contribution in [0.5, 0.6) is 0 Å². The molecule has 4 atom stereocenters. The average Bonchev–Trinajstić information content (AvgIpc) is 3.51. The fourth-order valence-electron chi connectivity index (χ4n) is 4.93. The monoisotopic (exact) mass is 408 g/mol. The first-order valence-corrected chi connectivity index (χ1v) is 10.1. The van der Waals surface area contributed by atoms with Crippen molar-refractivity contribution >= 4 is 17.5 Å². The number of carbonyl (C=O) groups is 2. The van der Waals surface area contributed by atoms with E-state index in [1.165, 1.54) is 0 Å². The number of carbonyl (C=O) groups excluding carboxylic acids is 2. The van der Waals surface area contributed by atoms with E-state index in [0.29, 0.717) is 19.5 Å². The van der Waals surface area contributed by atoms with Crippen molar-refractivity contribution in [1.29, 1.82) is 0 Å². The van der Waals surface area contributed by atoms with E-state index in [-0.39, 0.29) is 24.5 Å². The van der Waals surface area contributed by atoms with E-state index < -0.39 is 17.4 Å². The molecule has 5 rings (SSSR count). The highest BCUT2D eigenvalue weighted by Crippen LogP contribution is 2.53. The summed E-state index contributed by atoms with van der Waals surface area (Å²) >= 11 is 0. The van der Waals surface area contributed by atoms with E-state index in [0.717, 1.165) is 16.9 Å². The lowest BCUT2D eigenvalue weighted by atomic mass is 9.76. The summed E-state index contributed by atoms with van der Waals surface area (Å²) in [4.78, 5) is 30.1. The van der Waals surface area contributed by atoms with Crippen LogP contribution in [0.25, 0.3) is 0 Å². The quantitative estimate of drug-likeness (QED) is 0.692. The van der Waals surface area contributed by atoms with Gasteiger partial charge in [0.15, 0.2) is 0 Å². The molecule has 1 spiro atoms. The van der Waals surface area contributed by atoms with Gasteiger partial charge in [0, 0.05) is 25.5 Å². The van der Waals surface area contributed by atoms with Crippen molar-refractivity contribution in [3.05, 3.63) is 59.9 Å². The minimum Gasteiger partial charge on any atom is -0.396 e. The molecule has 2 fully saturated rings. The lowest BCUT2D eigenvalue weighted by molar-refractivity contribution is -0.139. The highest BCUT2D eigenvalue weighted by molar-refractivity contribution is 6.03. The van der Waals surface area contributed by atoms with E-state index in [9.17, 15) is 9.59 Å².